The van der Waals surface area contributed by atoms with E-state index in [1.54, 1.807) is 12.1 Å². The van der Waals surface area contributed by atoms with E-state index in [4.69, 9.17) is 9.47 Å². The molecule has 2 rings (SSSR count). The molecule has 0 atom stereocenters. The van der Waals surface area contributed by atoms with Crippen LogP contribution in [0.25, 0.3) is 0 Å². The number of carbonyl (C=O) groups is 1. The van der Waals surface area contributed by atoms with Crippen molar-refractivity contribution < 1.29 is 22.7 Å². The first-order chi connectivity index (χ1) is 13.6. The van der Waals surface area contributed by atoms with Crippen LogP contribution in [0.5, 0.6) is 11.5 Å². The van der Waals surface area contributed by atoms with Gasteiger partial charge in [-0.25, -0.2) is 8.42 Å². The maximum Gasteiger partial charge on any atom is 0.245 e. The van der Waals surface area contributed by atoms with Crippen molar-refractivity contribution in [3.05, 3.63) is 47.5 Å². The molecule has 1 N–H and O–H groups in total. The number of carbonyl (C=O) groups excluding carboxylic acids is 1. The molecule has 0 radical (unpaired) electrons. The number of aryl methyl sites for hydroxylation is 1. The fraction of sp³-hybridized carbons (Fsp3) is 0.381. The van der Waals surface area contributed by atoms with E-state index in [-0.39, 0.29) is 12.5 Å². The number of nitrogens with one attached hydrogen (secondary N) is 1. The molecule has 1 amide bonds. The third-order valence-electron chi connectivity index (χ3n) is 4.53. The fourth-order valence-corrected chi connectivity index (χ4v) is 3.88. The van der Waals surface area contributed by atoms with Crippen LogP contribution in [0, 0.1) is 6.92 Å². The van der Waals surface area contributed by atoms with E-state index in [9.17, 15) is 13.2 Å². The van der Waals surface area contributed by atoms with Gasteiger partial charge in [-0.3, -0.25) is 9.10 Å². The molecule has 0 aliphatic rings. The maximum atomic E-state index is 12.8. The highest BCUT2D eigenvalue weighted by atomic mass is 32.2. The van der Waals surface area contributed by atoms with Gasteiger partial charge in [0.25, 0.3) is 0 Å². The molecule has 0 saturated heterocycles. The zero-order valence-electron chi connectivity index (χ0n) is 17.6. The van der Waals surface area contributed by atoms with Crippen molar-refractivity contribution in [2.75, 3.05) is 36.6 Å². The molecule has 8 heteroatoms. The van der Waals surface area contributed by atoms with Crippen molar-refractivity contribution in [2.24, 2.45) is 0 Å². The predicted octanol–water partition coefficient (Wildman–Crippen LogP) is 3.54. The molecule has 7 nitrogen and oxygen atoms in total. The normalized spacial score (nSPS) is 11.3. The molecule has 0 saturated carbocycles. The van der Waals surface area contributed by atoms with Crippen LogP contribution in [0.2, 0.25) is 0 Å². The van der Waals surface area contributed by atoms with Gasteiger partial charge in [0.15, 0.2) is 11.5 Å². The maximum absolute atomic E-state index is 12.8. The molecule has 0 unspecified atom stereocenters. The van der Waals surface area contributed by atoms with Gasteiger partial charge in [0, 0.05) is 11.8 Å². The number of rotatable bonds is 8. The molecule has 158 valence electrons. The summed E-state index contributed by atoms with van der Waals surface area (Å²) in [6.45, 7) is 5.62. The second-order valence-corrected chi connectivity index (χ2v) is 8.96. The van der Waals surface area contributed by atoms with Crippen molar-refractivity contribution in [3.63, 3.8) is 0 Å². The highest BCUT2D eigenvalue weighted by molar-refractivity contribution is 7.92. The Morgan fingerprint density at radius 3 is 2.31 bits per heavy atom. The fourth-order valence-electron chi connectivity index (χ4n) is 3.03. The van der Waals surface area contributed by atoms with Crippen molar-refractivity contribution in [3.8, 4) is 11.5 Å². The minimum atomic E-state index is -3.71. The Labute approximate surface area is 172 Å². The first-order valence-corrected chi connectivity index (χ1v) is 11.0. The van der Waals surface area contributed by atoms with Crippen molar-refractivity contribution in [2.45, 2.75) is 26.7 Å². The Kier molecular flexibility index (Phi) is 7.13. The highest BCUT2D eigenvalue weighted by Crippen LogP contribution is 2.32. The standard InChI is InChI=1S/C21H28N2O5S/c1-14(2)17-9-7-8-15(3)21(17)22-20(24)13-23(29(6,25)26)16-10-11-18(27-4)19(12-16)28-5/h7-12,14H,13H2,1-6H3,(H,22,24). The lowest BCUT2D eigenvalue weighted by Crippen LogP contribution is -2.37. The molecule has 29 heavy (non-hydrogen) atoms. The number of anilines is 2. The lowest BCUT2D eigenvalue weighted by atomic mass is 9.98. The minimum absolute atomic E-state index is 0.210. The number of methoxy groups -OCH3 is 2. The number of amides is 1. The molecule has 0 heterocycles. The van der Waals surface area contributed by atoms with Gasteiger partial charge in [0.2, 0.25) is 15.9 Å². The number of hydrogen-bond acceptors (Lipinski definition) is 5. The van der Waals surface area contributed by atoms with E-state index >= 15 is 0 Å². The van der Waals surface area contributed by atoms with E-state index in [1.807, 2.05) is 39.0 Å². The van der Waals surface area contributed by atoms with Crippen LogP contribution < -0.4 is 19.1 Å². The Morgan fingerprint density at radius 1 is 1.10 bits per heavy atom. The summed E-state index contributed by atoms with van der Waals surface area (Å²) in [5.74, 6) is 0.624. The zero-order chi connectivity index (χ0) is 21.8. The van der Waals surface area contributed by atoms with Gasteiger partial charge < -0.3 is 14.8 Å². The number of hydrogen-bond donors (Lipinski definition) is 1. The number of benzene rings is 2. The molecule has 0 spiro atoms. The molecular formula is C21H28N2O5S. The largest absolute Gasteiger partial charge is 0.493 e. The van der Waals surface area contributed by atoms with E-state index in [1.165, 1.54) is 20.3 Å². The molecule has 0 aliphatic carbocycles. The Balaban J connectivity index is 2.35. The third kappa shape index (κ3) is 5.41. The highest BCUT2D eigenvalue weighted by Gasteiger charge is 2.23. The monoisotopic (exact) mass is 420 g/mol. The quantitative estimate of drug-likeness (QED) is 0.706. The summed E-state index contributed by atoms with van der Waals surface area (Å²) in [6, 6.07) is 10.5. The molecule has 2 aromatic carbocycles. The van der Waals surface area contributed by atoms with Crippen molar-refractivity contribution in [1.29, 1.82) is 0 Å². The summed E-state index contributed by atoms with van der Waals surface area (Å²) in [5.41, 5.74) is 2.94. The summed E-state index contributed by atoms with van der Waals surface area (Å²) in [4.78, 5) is 12.8. The summed E-state index contributed by atoms with van der Waals surface area (Å²) >= 11 is 0. The Hall–Kier alpha value is -2.74. The Bertz CT molecular complexity index is 987. The smallest absolute Gasteiger partial charge is 0.245 e. The van der Waals surface area contributed by atoms with Crippen molar-refractivity contribution >= 4 is 27.3 Å². The number of nitrogens with zero attached hydrogens (tertiary/aromatic N) is 1. The van der Waals surface area contributed by atoms with Gasteiger partial charge in [-0.05, 0) is 36.1 Å². The topological polar surface area (TPSA) is 84.9 Å². The number of ether oxygens (including phenoxy) is 2. The average Bonchev–Trinajstić information content (AvgIpc) is 2.66. The summed E-state index contributed by atoms with van der Waals surface area (Å²) in [7, 11) is -0.753. The molecule has 2 aromatic rings. The molecule has 0 bridgehead atoms. The SMILES string of the molecule is COc1ccc(N(CC(=O)Nc2c(C)cccc2C(C)C)S(C)(=O)=O)cc1OC. The minimum Gasteiger partial charge on any atom is -0.493 e. The van der Waals surface area contributed by atoms with E-state index in [0.29, 0.717) is 22.9 Å². The van der Waals surface area contributed by atoms with Crippen LogP contribution >= 0.6 is 0 Å². The van der Waals surface area contributed by atoms with E-state index in [2.05, 4.69) is 5.32 Å². The lowest BCUT2D eigenvalue weighted by Gasteiger charge is -2.24. The van der Waals surface area contributed by atoms with Crippen LogP contribution in [0.3, 0.4) is 0 Å². The molecule has 0 fully saturated rings. The van der Waals surface area contributed by atoms with Crippen LogP contribution in [0.4, 0.5) is 11.4 Å². The van der Waals surface area contributed by atoms with Crippen LogP contribution in [0.15, 0.2) is 36.4 Å². The second-order valence-electron chi connectivity index (χ2n) is 7.05. The predicted molar refractivity (Wildman–Crippen MR) is 116 cm³/mol. The van der Waals surface area contributed by atoms with E-state index in [0.717, 1.165) is 21.7 Å². The molecule has 0 aliphatic heterocycles. The number of sulfonamides is 1. The summed E-state index contributed by atoms with van der Waals surface area (Å²) < 4.78 is 36.3. The van der Waals surface area contributed by atoms with Gasteiger partial charge in [0.05, 0.1) is 26.2 Å². The van der Waals surface area contributed by atoms with Crippen LogP contribution in [-0.4, -0.2) is 41.3 Å². The Morgan fingerprint density at radius 2 is 1.76 bits per heavy atom. The first-order valence-electron chi connectivity index (χ1n) is 9.17. The van der Waals surface area contributed by atoms with Gasteiger partial charge >= 0.3 is 0 Å². The van der Waals surface area contributed by atoms with Gasteiger partial charge in [0.1, 0.15) is 6.54 Å². The van der Waals surface area contributed by atoms with Gasteiger partial charge in [-0.1, -0.05) is 32.0 Å². The second kappa shape index (κ2) is 9.17. The van der Waals surface area contributed by atoms with Gasteiger partial charge in [-0.15, -0.1) is 0 Å². The molecular weight excluding hydrogens is 392 g/mol. The lowest BCUT2D eigenvalue weighted by molar-refractivity contribution is -0.114. The summed E-state index contributed by atoms with van der Waals surface area (Å²) in [5, 5.41) is 2.88. The van der Waals surface area contributed by atoms with Crippen LogP contribution in [-0.2, 0) is 14.8 Å². The number of para-hydroxylation sites is 1. The van der Waals surface area contributed by atoms with E-state index < -0.39 is 15.9 Å². The first kappa shape index (κ1) is 22.5. The average molecular weight is 421 g/mol. The van der Waals surface area contributed by atoms with Crippen LogP contribution in [0.1, 0.15) is 30.9 Å². The van der Waals surface area contributed by atoms with Gasteiger partial charge in [-0.2, -0.15) is 0 Å². The zero-order valence-corrected chi connectivity index (χ0v) is 18.5. The van der Waals surface area contributed by atoms with Crippen molar-refractivity contribution in [1.82, 2.24) is 0 Å². The molecule has 0 aromatic heterocycles. The third-order valence-corrected chi connectivity index (χ3v) is 5.67. The summed E-state index contributed by atoms with van der Waals surface area (Å²) in [6.07, 6.45) is 1.06.